The Morgan fingerprint density at radius 1 is 1.32 bits per heavy atom. The third-order valence-corrected chi connectivity index (χ3v) is 4.30. The highest BCUT2D eigenvalue weighted by atomic mass is 79.9. The molecular formula is C13H9BrCl2FNO. The molecule has 1 aliphatic carbocycles. The minimum Gasteiger partial charge on any atom is -0.360 e. The summed E-state index contributed by atoms with van der Waals surface area (Å²) in [6, 6.07) is 2.46. The van der Waals surface area contributed by atoms with E-state index in [2.05, 4.69) is 21.1 Å². The molecule has 1 aliphatic rings. The van der Waals surface area contributed by atoms with Crippen molar-refractivity contribution < 1.29 is 8.91 Å². The predicted molar refractivity (Wildman–Crippen MR) is 76.5 cm³/mol. The van der Waals surface area contributed by atoms with E-state index in [-0.39, 0.29) is 10.0 Å². The molecule has 100 valence electrons. The molecule has 1 fully saturated rings. The lowest BCUT2D eigenvalue weighted by atomic mass is 10.1. The van der Waals surface area contributed by atoms with Gasteiger partial charge in [0.1, 0.15) is 17.3 Å². The molecule has 0 atom stereocenters. The molecule has 1 aromatic carbocycles. The molecule has 1 heterocycles. The molecule has 0 N–H and O–H groups in total. The van der Waals surface area contributed by atoms with E-state index in [1.807, 2.05) is 0 Å². The van der Waals surface area contributed by atoms with Gasteiger partial charge < -0.3 is 4.52 Å². The van der Waals surface area contributed by atoms with Crippen LogP contribution in [0.4, 0.5) is 4.39 Å². The average Bonchev–Trinajstić information content (AvgIpc) is 3.09. The van der Waals surface area contributed by atoms with E-state index in [0.717, 1.165) is 24.2 Å². The molecule has 1 aromatic heterocycles. The van der Waals surface area contributed by atoms with Crippen molar-refractivity contribution in [1.82, 2.24) is 5.16 Å². The first-order chi connectivity index (χ1) is 9.11. The Bertz CT molecular complexity index is 617. The number of hydrogen-bond donors (Lipinski definition) is 0. The molecule has 3 rings (SSSR count). The minimum absolute atomic E-state index is 0.239. The Hall–Kier alpha value is -0.580. The Kier molecular flexibility index (Phi) is 3.58. The normalized spacial score (nSPS) is 14.9. The fourth-order valence-corrected chi connectivity index (χ4v) is 3.26. The highest BCUT2D eigenvalue weighted by Gasteiger charge is 2.33. The minimum atomic E-state index is -0.468. The molecule has 0 spiro atoms. The quantitative estimate of drug-likeness (QED) is 0.666. The highest BCUT2D eigenvalue weighted by Crippen LogP contribution is 2.46. The summed E-state index contributed by atoms with van der Waals surface area (Å²) in [5, 5.41) is 5.15. The van der Waals surface area contributed by atoms with Crippen molar-refractivity contribution in [2.24, 2.45) is 0 Å². The average molecular weight is 365 g/mol. The summed E-state index contributed by atoms with van der Waals surface area (Å²) in [6.45, 7) is 0. The summed E-state index contributed by atoms with van der Waals surface area (Å²) in [6.07, 6.45) is 2.22. The standard InChI is InChI=1S/C13H9BrCl2FNO/c14-5-8-12(18-19-13(8)6-1-2-6)11-9(15)3-7(17)4-10(11)16/h3-4,6H,1-2,5H2. The topological polar surface area (TPSA) is 26.0 Å². The Balaban J connectivity index is 2.17. The zero-order valence-electron chi connectivity index (χ0n) is 9.72. The van der Waals surface area contributed by atoms with Gasteiger partial charge in [0.2, 0.25) is 0 Å². The summed E-state index contributed by atoms with van der Waals surface area (Å²) in [5.41, 5.74) is 2.06. The van der Waals surface area contributed by atoms with Crippen LogP contribution in [0.25, 0.3) is 11.3 Å². The van der Waals surface area contributed by atoms with E-state index in [1.54, 1.807) is 0 Å². The zero-order chi connectivity index (χ0) is 13.6. The number of hydrogen-bond acceptors (Lipinski definition) is 2. The monoisotopic (exact) mass is 363 g/mol. The number of benzene rings is 1. The second-order valence-corrected chi connectivity index (χ2v) is 5.90. The van der Waals surface area contributed by atoms with Gasteiger partial charge in [-0.25, -0.2) is 4.39 Å². The third kappa shape index (κ3) is 2.41. The molecule has 0 radical (unpaired) electrons. The van der Waals surface area contributed by atoms with Crippen molar-refractivity contribution in [3.8, 4) is 11.3 Å². The largest absolute Gasteiger partial charge is 0.360 e. The van der Waals surface area contributed by atoms with Crippen molar-refractivity contribution >= 4 is 39.1 Å². The van der Waals surface area contributed by atoms with Crippen LogP contribution in [0.15, 0.2) is 16.7 Å². The van der Waals surface area contributed by atoms with Gasteiger partial charge in [-0.15, -0.1) is 0 Å². The first-order valence-electron chi connectivity index (χ1n) is 5.81. The Morgan fingerprint density at radius 2 is 1.95 bits per heavy atom. The lowest BCUT2D eigenvalue weighted by molar-refractivity contribution is 0.385. The second-order valence-electron chi connectivity index (χ2n) is 4.53. The number of nitrogens with zero attached hydrogens (tertiary/aromatic N) is 1. The van der Waals surface area contributed by atoms with Crippen molar-refractivity contribution in [3.05, 3.63) is 39.3 Å². The molecule has 0 saturated heterocycles. The van der Waals surface area contributed by atoms with Gasteiger partial charge in [-0.1, -0.05) is 44.3 Å². The van der Waals surface area contributed by atoms with Crippen LogP contribution < -0.4 is 0 Å². The fraction of sp³-hybridized carbons (Fsp3) is 0.308. The molecule has 0 aliphatic heterocycles. The van der Waals surface area contributed by atoms with Crippen molar-refractivity contribution in [1.29, 1.82) is 0 Å². The van der Waals surface area contributed by atoms with Gasteiger partial charge in [-0.3, -0.25) is 0 Å². The molecule has 0 bridgehead atoms. The van der Waals surface area contributed by atoms with Gasteiger partial charge in [0.25, 0.3) is 0 Å². The molecule has 0 unspecified atom stereocenters. The van der Waals surface area contributed by atoms with Crippen molar-refractivity contribution in [2.75, 3.05) is 0 Å². The van der Waals surface area contributed by atoms with Crippen LogP contribution in [0.1, 0.15) is 30.1 Å². The maximum atomic E-state index is 13.2. The van der Waals surface area contributed by atoms with Crippen LogP contribution in [0.5, 0.6) is 0 Å². The van der Waals surface area contributed by atoms with Gasteiger partial charge in [-0.05, 0) is 25.0 Å². The molecule has 19 heavy (non-hydrogen) atoms. The smallest absolute Gasteiger partial charge is 0.144 e. The van der Waals surface area contributed by atoms with Crippen LogP contribution in [-0.2, 0) is 5.33 Å². The number of aromatic nitrogens is 1. The maximum Gasteiger partial charge on any atom is 0.144 e. The molecular weight excluding hydrogens is 356 g/mol. The van der Waals surface area contributed by atoms with Crippen molar-refractivity contribution in [2.45, 2.75) is 24.1 Å². The van der Waals surface area contributed by atoms with E-state index in [0.29, 0.717) is 22.5 Å². The van der Waals surface area contributed by atoms with Gasteiger partial charge in [0, 0.05) is 22.4 Å². The zero-order valence-corrected chi connectivity index (χ0v) is 12.8. The first kappa shape index (κ1) is 13.4. The van der Waals surface area contributed by atoms with E-state index in [1.165, 1.54) is 12.1 Å². The predicted octanol–water partition coefficient (Wildman–Crippen LogP) is 5.56. The van der Waals surface area contributed by atoms with Gasteiger partial charge in [-0.2, -0.15) is 0 Å². The van der Waals surface area contributed by atoms with Gasteiger partial charge in [0.15, 0.2) is 0 Å². The molecule has 2 nitrogen and oxygen atoms in total. The summed E-state index contributed by atoms with van der Waals surface area (Å²) < 4.78 is 18.6. The highest BCUT2D eigenvalue weighted by molar-refractivity contribution is 9.08. The summed E-state index contributed by atoms with van der Waals surface area (Å²) in [5.74, 6) is 0.847. The maximum absolute atomic E-state index is 13.2. The molecule has 0 amide bonds. The van der Waals surface area contributed by atoms with Crippen LogP contribution in [0.2, 0.25) is 10.0 Å². The summed E-state index contributed by atoms with van der Waals surface area (Å²) in [7, 11) is 0. The number of halogens is 4. The Morgan fingerprint density at radius 3 is 2.47 bits per heavy atom. The summed E-state index contributed by atoms with van der Waals surface area (Å²) >= 11 is 15.6. The van der Waals surface area contributed by atoms with Crippen LogP contribution in [0, 0.1) is 5.82 Å². The van der Waals surface area contributed by atoms with Gasteiger partial charge >= 0.3 is 0 Å². The lowest BCUT2D eigenvalue weighted by Crippen LogP contribution is -1.90. The van der Waals surface area contributed by atoms with Crippen LogP contribution in [-0.4, -0.2) is 5.16 Å². The van der Waals surface area contributed by atoms with E-state index in [9.17, 15) is 4.39 Å². The summed E-state index contributed by atoms with van der Waals surface area (Å²) in [4.78, 5) is 0. The number of rotatable bonds is 3. The fourth-order valence-electron chi connectivity index (χ4n) is 2.08. The Labute approximate surface area is 128 Å². The molecule has 1 saturated carbocycles. The van der Waals surface area contributed by atoms with E-state index in [4.69, 9.17) is 27.7 Å². The third-order valence-electron chi connectivity index (χ3n) is 3.14. The second kappa shape index (κ2) is 5.08. The first-order valence-corrected chi connectivity index (χ1v) is 7.69. The molecule has 2 aromatic rings. The van der Waals surface area contributed by atoms with Crippen LogP contribution >= 0.6 is 39.1 Å². The van der Waals surface area contributed by atoms with E-state index >= 15 is 0 Å². The van der Waals surface area contributed by atoms with Crippen LogP contribution in [0.3, 0.4) is 0 Å². The SMILES string of the molecule is Fc1cc(Cl)c(-c2noc(C3CC3)c2CBr)c(Cl)c1. The number of alkyl halides is 1. The molecule has 6 heteroatoms. The lowest BCUT2D eigenvalue weighted by Gasteiger charge is -2.06. The van der Waals surface area contributed by atoms with Gasteiger partial charge in [0.05, 0.1) is 10.0 Å². The van der Waals surface area contributed by atoms with Crippen molar-refractivity contribution in [3.63, 3.8) is 0 Å². The van der Waals surface area contributed by atoms with E-state index < -0.39 is 5.82 Å².